The van der Waals surface area contributed by atoms with Gasteiger partial charge in [-0.2, -0.15) is 0 Å². The number of amides is 1. The molecule has 1 saturated carbocycles. The summed E-state index contributed by atoms with van der Waals surface area (Å²) in [6, 6.07) is 0. The van der Waals surface area contributed by atoms with Crippen LogP contribution in [0.3, 0.4) is 0 Å². The van der Waals surface area contributed by atoms with E-state index in [4.69, 9.17) is 5.73 Å². The van der Waals surface area contributed by atoms with E-state index in [9.17, 15) is 4.79 Å². The highest BCUT2D eigenvalue weighted by Crippen LogP contribution is 2.30. The number of anilines is 1. The van der Waals surface area contributed by atoms with E-state index in [1.807, 2.05) is 0 Å². The molecule has 6 heteroatoms. The van der Waals surface area contributed by atoms with Gasteiger partial charge in [-0.05, 0) is 18.3 Å². The minimum atomic E-state index is -0.0333. The van der Waals surface area contributed by atoms with Crippen LogP contribution in [-0.2, 0) is 11.3 Å². The summed E-state index contributed by atoms with van der Waals surface area (Å²) in [5.74, 6) is 1.51. The molecule has 2 rings (SSSR count). The molecule has 0 bridgehead atoms. The van der Waals surface area contributed by atoms with E-state index >= 15 is 0 Å². The molecule has 1 heterocycles. The Bertz CT molecular complexity index is 389. The number of aromatic nitrogens is 3. The molecule has 1 amide bonds. The fourth-order valence-electron chi connectivity index (χ4n) is 2.36. The van der Waals surface area contributed by atoms with E-state index in [2.05, 4.69) is 22.3 Å². The first-order valence-electron chi connectivity index (χ1n) is 6.07. The Balaban J connectivity index is 1.74. The Morgan fingerprint density at radius 2 is 2.47 bits per heavy atom. The van der Waals surface area contributed by atoms with Crippen molar-refractivity contribution in [3.8, 4) is 0 Å². The summed E-state index contributed by atoms with van der Waals surface area (Å²) in [6.07, 6.45) is 5.24. The van der Waals surface area contributed by atoms with Gasteiger partial charge in [-0.15, -0.1) is 5.10 Å². The first-order chi connectivity index (χ1) is 8.15. The SMILES string of the molecule is CC1CCCC1CNC(=O)Cn1cnc(N)n1. The third kappa shape index (κ3) is 3.18. The molecule has 1 fully saturated rings. The van der Waals surface area contributed by atoms with Gasteiger partial charge in [0.05, 0.1) is 0 Å². The molecule has 1 aromatic heterocycles. The van der Waals surface area contributed by atoms with Crippen LogP contribution in [0.2, 0.25) is 0 Å². The van der Waals surface area contributed by atoms with Gasteiger partial charge in [0.1, 0.15) is 12.9 Å². The Hall–Kier alpha value is -1.59. The maximum atomic E-state index is 11.6. The summed E-state index contributed by atoms with van der Waals surface area (Å²) in [5, 5.41) is 6.81. The third-order valence-corrected chi connectivity index (χ3v) is 3.46. The van der Waals surface area contributed by atoms with Crippen LogP contribution in [0.1, 0.15) is 26.2 Å². The van der Waals surface area contributed by atoms with Gasteiger partial charge in [0, 0.05) is 6.54 Å². The number of nitrogens with one attached hydrogen (secondary N) is 1. The number of nitrogen functional groups attached to an aromatic ring is 1. The molecule has 0 radical (unpaired) electrons. The topological polar surface area (TPSA) is 85.8 Å². The maximum Gasteiger partial charge on any atom is 0.241 e. The Labute approximate surface area is 101 Å². The molecule has 1 aliphatic rings. The summed E-state index contributed by atoms with van der Waals surface area (Å²) in [4.78, 5) is 15.4. The van der Waals surface area contributed by atoms with Gasteiger partial charge in [-0.3, -0.25) is 4.79 Å². The predicted molar refractivity (Wildman–Crippen MR) is 63.9 cm³/mol. The van der Waals surface area contributed by atoms with Gasteiger partial charge in [0.15, 0.2) is 0 Å². The molecule has 1 aromatic rings. The van der Waals surface area contributed by atoms with Gasteiger partial charge in [-0.1, -0.05) is 19.8 Å². The molecular weight excluding hydrogens is 218 g/mol. The number of hydrogen-bond donors (Lipinski definition) is 2. The van der Waals surface area contributed by atoms with E-state index in [1.165, 1.54) is 30.3 Å². The highest BCUT2D eigenvalue weighted by molar-refractivity contribution is 5.75. The molecule has 3 N–H and O–H groups in total. The highest BCUT2D eigenvalue weighted by Gasteiger charge is 2.23. The molecule has 0 aromatic carbocycles. The highest BCUT2D eigenvalue weighted by atomic mass is 16.2. The molecular formula is C11H19N5O. The molecule has 94 valence electrons. The standard InChI is InChI=1S/C11H19N5O/c1-8-3-2-4-9(8)5-13-10(17)6-16-7-14-11(12)15-16/h7-9H,2-6H2,1H3,(H2,12,15)(H,13,17). The normalized spacial score (nSPS) is 23.8. The number of hydrogen-bond acceptors (Lipinski definition) is 4. The first kappa shape index (κ1) is 11.9. The minimum absolute atomic E-state index is 0.0333. The zero-order valence-electron chi connectivity index (χ0n) is 10.1. The van der Waals surface area contributed by atoms with Crippen molar-refractivity contribution in [1.82, 2.24) is 20.1 Å². The Morgan fingerprint density at radius 1 is 1.65 bits per heavy atom. The minimum Gasteiger partial charge on any atom is -0.367 e. The van der Waals surface area contributed by atoms with E-state index in [0.29, 0.717) is 5.92 Å². The van der Waals surface area contributed by atoms with E-state index < -0.39 is 0 Å². The van der Waals surface area contributed by atoms with E-state index in [1.54, 1.807) is 0 Å². The third-order valence-electron chi connectivity index (χ3n) is 3.46. The number of carbonyl (C=O) groups is 1. The Kier molecular flexibility index (Phi) is 3.61. The van der Waals surface area contributed by atoms with Crippen LogP contribution >= 0.6 is 0 Å². The number of nitrogens with zero attached hydrogens (tertiary/aromatic N) is 3. The molecule has 2 atom stereocenters. The van der Waals surface area contributed by atoms with Crippen molar-refractivity contribution in [2.24, 2.45) is 11.8 Å². The zero-order valence-corrected chi connectivity index (χ0v) is 10.1. The van der Waals surface area contributed by atoms with Crippen LogP contribution < -0.4 is 11.1 Å². The van der Waals surface area contributed by atoms with Crippen molar-refractivity contribution < 1.29 is 4.79 Å². The van der Waals surface area contributed by atoms with Crippen LogP contribution in [0.5, 0.6) is 0 Å². The van der Waals surface area contributed by atoms with Crippen molar-refractivity contribution in [2.75, 3.05) is 12.3 Å². The number of rotatable bonds is 4. The lowest BCUT2D eigenvalue weighted by atomic mass is 9.98. The molecule has 6 nitrogen and oxygen atoms in total. The zero-order chi connectivity index (χ0) is 12.3. The second-order valence-electron chi connectivity index (χ2n) is 4.77. The molecule has 17 heavy (non-hydrogen) atoms. The van der Waals surface area contributed by atoms with Gasteiger partial charge in [0.2, 0.25) is 11.9 Å². The van der Waals surface area contributed by atoms with Gasteiger partial charge >= 0.3 is 0 Å². The van der Waals surface area contributed by atoms with Crippen molar-refractivity contribution in [3.05, 3.63) is 6.33 Å². The van der Waals surface area contributed by atoms with Gasteiger partial charge < -0.3 is 11.1 Å². The molecule has 0 saturated heterocycles. The van der Waals surface area contributed by atoms with Crippen molar-refractivity contribution in [2.45, 2.75) is 32.7 Å². The quantitative estimate of drug-likeness (QED) is 0.794. The summed E-state index contributed by atoms with van der Waals surface area (Å²) in [6.45, 7) is 3.21. The summed E-state index contributed by atoms with van der Waals surface area (Å²) >= 11 is 0. The Morgan fingerprint density at radius 3 is 3.06 bits per heavy atom. The van der Waals surface area contributed by atoms with Crippen LogP contribution in [-0.4, -0.2) is 27.2 Å². The fraction of sp³-hybridized carbons (Fsp3) is 0.727. The maximum absolute atomic E-state index is 11.6. The molecule has 2 unspecified atom stereocenters. The fourth-order valence-corrected chi connectivity index (χ4v) is 2.36. The van der Waals surface area contributed by atoms with Gasteiger partial charge in [0.25, 0.3) is 0 Å². The monoisotopic (exact) mass is 237 g/mol. The van der Waals surface area contributed by atoms with E-state index in [-0.39, 0.29) is 18.4 Å². The lowest BCUT2D eigenvalue weighted by Gasteiger charge is -2.15. The molecule has 0 spiro atoms. The van der Waals surface area contributed by atoms with Gasteiger partial charge in [-0.25, -0.2) is 9.67 Å². The second kappa shape index (κ2) is 5.16. The summed E-state index contributed by atoms with van der Waals surface area (Å²) < 4.78 is 1.45. The average Bonchev–Trinajstić information content (AvgIpc) is 2.85. The van der Waals surface area contributed by atoms with E-state index in [0.717, 1.165) is 12.5 Å². The molecule has 1 aliphatic carbocycles. The summed E-state index contributed by atoms with van der Waals surface area (Å²) in [7, 11) is 0. The van der Waals surface area contributed by atoms with Crippen molar-refractivity contribution in [1.29, 1.82) is 0 Å². The average molecular weight is 237 g/mol. The lowest BCUT2D eigenvalue weighted by molar-refractivity contribution is -0.122. The van der Waals surface area contributed by atoms with Crippen molar-refractivity contribution >= 4 is 11.9 Å². The smallest absolute Gasteiger partial charge is 0.241 e. The first-order valence-corrected chi connectivity index (χ1v) is 6.07. The predicted octanol–water partition coefficient (Wildman–Crippen LogP) is 0.413. The molecule has 0 aliphatic heterocycles. The largest absolute Gasteiger partial charge is 0.367 e. The van der Waals surface area contributed by atoms with Crippen LogP contribution in [0, 0.1) is 11.8 Å². The second-order valence-corrected chi connectivity index (χ2v) is 4.77. The number of carbonyl (C=O) groups excluding carboxylic acids is 1. The number of nitrogens with two attached hydrogens (primary N) is 1. The van der Waals surface area contributed by atoms with Crippen molar-refractivity contribution in [3.63, 3.8) is 0 Å². The lowest BCUT2D eigenvalue weighted by Crippen LogP contribution is -2.33. The van der Waals surface area contributed by atoms with Crippen LogP contribution in [0.4, 0.5) is 5.95 Å². The van der Waals surface area contributed by atoms with Crippen LogP contribution in [0.25, 0.3) is 0 Å². The van der Waals surface area contributed by atoms with Crippen LogP contribution in [0.15, 0.2) is 6.33 Å². The summed E-state index contributed by atoms with van der Waals surface area (Å²) in [5.41, 5.74) is 5.37.